The quantitative estimate of drug-likeness (QED) is 0.855. The second-order valence-corrected chi connectivity index (χ2v) is 4.59. The highest BCUT2D eigenvalue weighted by molar-refractivity contribution is 9.10. The Morgan fingerprint density at radius 2 is 2.40 bits per heavy atom. The van der Waals surface area contributed by atoms with Crippen molar-refractivity contribution in [1.82, 2.24) is 10.6 Å². The molecular formula is C11H13BrN2O. The Balaban J connectivity index is 2.01. The molecule has 1 aliphatic rings. The van der Waals surface area contributed by atoms with E-state index in [1.165, 1.54) is 0 Å². The lowest BCUT2D eigenvalue weighted by atomic mass is 10.2. The largest absolute Gasteiger partial charge is 0.348 e. The molecule has 2 N–H and O–H groups in total. The van der Waals surface area contributed by atoms with Crippen LogP contribution in [0, 0.1) is 0 Å². The van der Waals surface area contributed by atoms with Crippen molar-refractivity contribution in [3.8, 4) is 0 Å². The number of amides is 1. The Labute approximate surface area is 97.4 Å². The van der Waals surface area contributed by atoms with E-state index in [1.807, 2.05) is 24.3 Å². The number of hydrogen-bond acceptors (Lipinski definition) is 2. The first kappa shape index (κ1) is 10.6. The van der Waals surface area contributed by atoms with E-state index < -0.39 is 0 Å². The van der Waals surface area contributed by atoms with E-state index in [2.05, 4.69) is 26.6 Å². The summed E-state index contributed by atoms with van der Waals surface area (Å²) in [5.74, 6) is 0.00463. The van der Waals surface area contributed by atoms with E-state index in [0.29, 0.717) is 5.56 Å². The van der Waals surface area contributed by atoms with Crippen LogP contribution in [0.15, 0.2) is 28.7 Å². The highest BCUT2D eigenvalue weighted by Crippen LogP contribution is 2.12. The summed E-state index contributed by atoms with van der Waals surface area (Å²) in [5, 5.41) is 6.22. The smallest absolute Gasteiger partial charge is 0.251 e. The van der Waals surface area contributed by atoms with E-state index in [-0.39, 0.29) is 11.9 Å². The second kappa shape index (κ2) is 4.77. The maximum Gasteiger partial charge on any atom is 0.251 e. The molecule has 2 rings (SSSR count). The van der Waals surface area contributed by atoms with Gasteiger partial charge in [0, 0.05) is 22.6 Å². The minimum absolute atomic E-state index is 0.00463. The Morgan fingerprint density at radius 1 is 1.53 bits per heavy atom. The molecule has 0 saturated carbocycles. The zero-order chi connectivity index (χ0) is 10.7. The third-order valence-electron chi connectivity index (χ3n) is 2.48. The monoisotopic (exact) mass is 268 g/mol. The van der Waals surface area contributed by atoms with Crippen molar-refractivity contribution in [1.29, 1.82) is 0 Å². The van der Waals surface area contributed by atoms with Gasteiger partial charge in [-0.15, -0.1) is 0 Å². The minimum Gasteiger partial charge on any atom is -0.348 e. The van der Waals surface area contributed by atoms with Crippen molar-refractivity contribution in [2.45, 2.75) is 12.5 Å². The number of benzene rings is 1. The van der Waals surface area contributed by atoms with Gasteiger partial charge in [-0.2, -0.15) is 0 Å². The summed E-state index contributed by atoms with van der Waals surface area (Å²) in [4.78, 5) is 11.8. The molecule has 0 radical (unpaired) electrons. The molecule has 1 aliphatic heterocycles. The molecule has 0 aliphatic carbocycles. The van der Waals surface area contributed by atoms with Crippen molar-refractivity contribution < 1.29 is 4.79 Å². The van der Waals surface area contributed by atoms with Crippen LogP contribution in [0.4, 0.5) is 0 Å². The van der Waals surface area contributed by atoms with Crippen LogP contribution in [0.3, 0.4) is 0 Å². The number of hydrogen-bond donors (Lipinski definition) is 2. The summed E-state index contributed by atoms with van der Waals surface area (Å²) >= 11 is 3.35. The Hall–Kier alpha value is -0.870. The number of carbonyl (C=O) groups excluding carboxylic acids is 1. The number of carbonyl (C=O) groups is 1. The third-order valence-corrected chi connectivity index (χ3v) is 2.98. The molecule has 0 aromatic heterocycles. The Morgan fingerprint density at radius 3 is 3.07 bits per heavy atom. The average Bonchev–Trinajstić information content (AvgIpc) is 2.70. The maximum atomic E-state index is 11.8. The molecule has 1 amide bonds. The molecule has 1 saturated heterocycles. The fourth-order valence-corrected chi connectivity index (χ4v) is 2.08. The normalized spacial score (nSPS) is 20.2. The van der Waals surface area contributed by atoms with Gasteiger partial charge in [0.2, 0.25) is 0 Å². The Kier molecular flexibility index (Phi) is 3.38. The fraction of sp³-hybridized carbons (Fsp3) is 0.364. The topological polar surface area (TPSA) is 41.1 Å². The summed E-state index contributed by atoms with van der Waals surface area (Å²) < 4.78 is 0.930. The van der Waals surface area contributed by atoms with Crippen LogP contribution in [0.25, 0.3) is 0 Å². The molecule has 1 fully saturated rings. The highest BCUT2D eigenvalue weighted by Gasteiger charge is 2.17. The lowest BCUT2D eigenvalue weighted by Gasteiger charge is -2.11. The van der Waals surface area contributed by atoms with Crippen LogP contribution in [-0.2, 0) is 0 Å². The van der Waals surface area contributed by atoms with Gasteiger partial charge in [0.1, 0.15) is 0 Å². The fourth-order valence-electron chi connectivity index (χ4n) is 1.68. The minimum atomic E-state index is 0.00463. The number of rotatable bonds is 2. The highest BCUT2D eigenvalue weighted by atomic mass is 79.9. The number of nitrogens with one attached hydrogen (secondary N) is 2. The van der Waals surface area contributed by atoms with Gasteiger partial charge in [-0.1, -0.05) is 22.0 Å². The van der Waals surface area contributed by atoms with Crippen molar-refractivity contribution in [3.05, 3.63) is 34.3 Å². The molecule has 0 bridgehead atoms. The van der Waals surface area contributed by atoms with Gasteiger partial charge in [-0.05, 0) is 31.2 Å². The van der Waals surface area contributed by atoms with Gasteiger partial charge in [-0.3, -0.25) is 4.79 Å². The van der Waals surface area contributed by atoms with Crippen molar-refractivity contribution in [2.24, 2.45) is 0 Å². The SMILES string of the molecule is O=C(N[C@@H]1CCNC1)c1cccc(Br)c1. The van der Waals surface area contributed by atoms with Crippen molar-refractivity contribution in [2.75, 3.05) is 13.1 Å². The molecule has 1 aromatic rings. The predicted molar refractivity (Wildman–Crippen MR) is 62.9 cm³/mol. The zero-order valence-electron chi connectivity index (χ0n) is 8.29. The molecule has 15 heavy (non-hydrogen) atoms. The molecule has 1 atom stereocenters. The first-order chi connectivity index (χ1) is 7.25. The molecular weight excluding hydrogens is 256 g/mol. The van der Waals surface area contributed by atoms with E-state index >= 15 is 0 Å². The first-order valence-electron chi connectivity index (χ1n) is 5.03. The zero-order valence-corrected chi connectivity index (χ0v) is 9.88. The summed E-state index contributed by atoms with van der Waals surface area (Å²) in [5.41, 5.74) is 0.705. The average molecular weight is 269 g/mol. The van der Waals surface area contributed by atoms with Crippen LogP contribution in [-0.4, -0.2) is 25.0 Å². The lowest BCUT2D eigenvalue weighted by Crippen LogP contribution is -2.36. The van der Waals surface area contributed by atoms with Crippen molar-refractivity contribution in [3.63, 3.8) is 0 Å². The molecule has 0 spiro atoms. The van der Waals surface area contributed by atoms with Gasteiger partial charge in [-0.25, -0.2) is 0 Å². The van der Waals surface area contributed by atoms with E-state index in [0.717, 1.165) is 24.0 Å². The molecule has 0 unspecified atom stereocenters. The molecule has 3 nitrogen and oxygen atoms in total. The molecule has 4 heteroatoms. The maximum absolute atomic E-state index is 11.8. The predicted octanol–water partition coefficient (Wildman–Crippen LogP) is 1.54. The van der Waals surface area contributed by atoms with E-state index in [1.54, 1.807) is 0 Å². The van der Waals surface area contributed by atoms with E-state index in [9.17, 15) is 4.79 Å². The van der Waals surface area contributed by atoms with Gasteiger partial charge < -0.3 is 10.6 Å². The number of halogens is 1. The molecule has 80 valence electrons. The summed E-state index contributed by atoms with van der Waals surface area (Å²) in [6.45, 7) is 1.86. The second-order valence-electron chi connectivity index (χ2n) is 3.67. The summed E-state index contributed by atoms with van der Waals surface area (Å²) in [6.07, 6.45) is 1.01. The van der Waals surface area contributed by atoms with Crippen molar-refractivity contribution >= 4 is 21.8 Å². The van der Waals surface area contributed by atoms with Crippen LogP contribution in [0.5, 0.6) is 0 Å². The van der Waals surface area contributed by atoms with Gasteiger partial charge in [0.05, 0.1) is 0 Å². The molecule has 1 aromatic carbocycles. The summed E-state index contributed by atoms with van der Waals surface area (Å²) in [7, 11) is 0. The lowest BCUT2D eigenvalue weighted by molar-refractivity contribution is 0.0940. The van der Waals surface area contributed by atoms with Gasteiger partial charge >= 0.3 is 0 Å². The molecule has 1 heterocycles. The van der Waals surface area contributed by atoms with Crippen LogP contribution < -0.4 is 10.6 Å². The third kappa shape index (κ3) is 2.79. The Bertz CT molecular complexity index is 361. The first-order valence-corrected chi connectivity index (χ1v) is 5.82. The standard InChI is InChI=1S/C11H13BrN2O/c12-9-3-1-2-8(6-9)11(15)14-10-4-5-13-7-10/h1-3,6,10,13H,4-5,7H2,(H,14,15)/t10-/m1/s1. The van der Waals surface area contributed by atoms with E-state index in [4.69, 9.17) is 0 Å². The van der Waals surface area contributed by atoms with Gasteiger partial charge in [0.25, 0.3) is 5.91 Å². The van der Waals surface area contributed by atoms with Gasteiger partial charge in [0.15, 0.2) is 0 Å². The summed E-state index contributed by atoms with van der Waals surface area (Å²) in [6, 6.07) is 7.71. The van der Waals surface area contributed by atoms with Crippen LogP contribution >= 0.6 is 15.9 Å². The van der Waals surface area contributed by atoms with Crippen LogP contribution in [0.1, 0.15) is 16.8 Å². The van der Waals surface area contributed by atoms with Crippen LogP contribution in [0.2, 0.25) is 0 Å².